The van der Waals surface area contributed by atoms with Gasteiger partial charge in [0, 0.05) is 30.2 Å². The van der Waals surface area contributed by atoms with Gasteiger partial charge >= 0.3 is 0 Å². The van der Waals surface area contributed by atoms with E-state index in [4.69, 9.17) is 16.0 Å². The van der Waals surface area contributed by atoms with E-state index < -0.39 is 0 Å². The van der Waals surface area contributed by atoms with E-state index in [9.17, 15) is 4.79 Å². The Morgan fingerprint density at radius 1 is 1.12 bits per heavy atom. The average molecular weight is 377 g/mol. The van der Waals surface area contributed by atoms with Gasteiger partial charge in [0.05, 0.1) is 12.8 Å². The van der Waals surface area contributed by atoms with Crippen LogP contribution in [0.5, 0.6) is 0 Å². The number of furan rings is 1. The standard InChI is InChI=1S/C19H25ClN4O2/c1-3-21-19(24-13-15-5-7-16(20)8-6-15)23-11-4-10-22-18(25)17-14(2)9-12-26-17/h5-9,12H,3-4,10-11,13H2,1-2H3,(H,22,25)(H2,21,23,24). The third kappa shape index (κ3) is 6.44. The minimum absolute atomic E-state index is 0.184. The first-order valence-electron chi connectivity index (χ1n) is 8.69. The minimum atomic E-state index is -0.184. The third-order valence-electron chi connectivity index (χ3n) is 3.68. The molecule has 6 nitrogen and oxygen atoms in total. The largest absolute Gasteiger partial charge is 0.459 e. The summed E-state index contributed by atoms with van der Waals surface area (Å²) in [6.07, 6.45) is 2.29. The highest BCUT2D eigenvalue weighted by atomic mass is 35.5. The van der Waals surface area contributed by atoms with Crippen molar-refractivity contribution in [2.45, 2.75) is 26.8 Å². The first-order chi connectivity index (χ1) is 12.6. The predicted octanol–water partition coefficient (Wildman–Crippen LogP) is 3.12. The SMILES string of the molecule is CCNC(=NCc1ccc(Cl)cc1)NCCCNC(=O)c1occc1C. The molecular formula is C19H25ClN4O2. The zero-order valence-corrected chi connectivity index (χ0v) is 15.9. The Bertz CT molecular complexity index is 725. The van der Waals surface area contributed by atoms with E-state index in [1.807, 2.05) is 38.1 Å². The molecule has 0 radical (unpaired) electrons. The Kier molecular flexibility index (Phi) is 8.02. The number of rotatable bonds is 8. The number of benzene rings is 1. The van der Waals surface area contributed by atoms with Gasteiger partial charge in [-0.2, -0.15) is 0 Å². The maximum atomic E-state index is 11.9. The van der Waals surface area contributed by atoms with Crippen molar-refractivity contribution in [1.29, 1.82) is 0 Å². The van der Waals surface area contributed by atoms with Gasteiger partial charge in [0.2, 0.25) is 0 Å². The van der Waals surface area contributed by atoms with Crippen LogP contribution in [0.3, 0.4) is 0 Å². The molecule has 0 aliphatic rings. The normalized spacial score (nSPS) is 11.3. The molecule has 0 spiro atoms. The van der Waals surface area contributed by atoms with Crippen molar-refractivity contribution in [2.75, 3.05) is 19.6 Å². The molecule has 1 aromatic carbocycles. The summed E-state index contributed by atoms with van der Waals surface area (Å²) < 4.78 is 5.17. The second-order valence-corrected chi connectivity index (χ2v) is 6.23. The monoisotopic (exact) mass is 376 g/mol. The molecule has 0 bridgehead atoms. The number of aliphatic imine (C=N–C) groups is 1. The molecule has 1 heterocycles. The summed E-state index contributed by atoms with van der Waals surface area (Å²) in [5.74, 6) is 0.933. The zero-order chi connectivity index (χ0) is 18.8. The summed E-state index contributed by atoms with van der Waals surface area (Å²) in [7, 11) is 0. The minimum Gasteiger partial charge on any atom is -0.459 e. The van der Waals surface area contributed by atoms with Crippen molar-refractivity contribution in [3.05, 3.63) is 58.5 Å². The van der Waals surface area contributed by atoms with Crippen LogP contribution in [0.15, 0.2) is 46.0 Å². The molecule has 26 heavy (non-hydrogen) atoms. The first kappa shape index (κ1) is 19.8. The van der Waals surface area contributed by atoms with Crippen molar-refractivity contribution < 1.29 is 9.21 Å². The topological polar surface area (TPSA) is 78.7 Å². The fourth-order valence-corrected chi connectivity index (χ4v) is 2.41. The van der Waals surface area contributed by atoms with Crippen molar-refractivity contribution in [3.63, 3.8) is 0 Å². The maximum absolute atomic E-state index is 11.9. The predicted molar refractivity (Wildman–Crippen MR) is 105 cm³/mol. The molecule has 0 saturated carbocycles. The first-order valence-corrected chi connectivity index (χ1v) is 9.07. The summed E-state index contributed by atoms with van der Waals surface area (Å²) in [4.78, 5) is 16.5. The van der Waals surface area contributed by atoms with Gasteiger partial charge in [0.15, 0.2) is 11.7 Å². The molecule has 1 amide bonds. The van der Waals surface area contributed by atoms with E-state index >= 15 is 0 Å². The second-order valence-electron chi connectivity index (χ2n) is 5.79. The molecule has 0 aliphatic carbocycles. The molecule has 0 atom stereocenters. The van der Waals surface area contributed by atoms with Crippen LogP contribution in [0.2, 0.25) is 5.02 Å². The van der Waals surface area contributed by atoms with Crippen molar-refractivity contribution in [1.82, 2.24) is 16.0 Å². The summed E-state index contributed by atoms with van der Waals surface area (Å²) >= 11 is 5.89. The van der Waals surface area contributed by atoms with Gasteiger partial charge in [-0.1, -0.05) is 23.7 Å². The lowest BCUT2D eigenvalue weighted by Crippen LogP contribution is -2.38. The van der Waals surface area contributed by atoms with Gasteiger partial charge in [0.25, 0.3) is 5.91 Å². The number of hydrogen-bond donors (Lipinski definition) is 3. The Hall–Kier alpha value is -2.47. The zero-order valence-electron chi connectivity index (χ0n) is 15.1. The quantitative estimate of drug-likeness (QED) is 0.376. The lowest BCUT2D eigenvalue weighted by atomic mass is 10.2. The Morgan fingerprint density at radius 3 is 2.50 bits per heavy atom. The van der Waals surface area contributed by atoms with E-state index in [1.165, 1.54) is 6.26 Å². The number of aryl methyl sites for hydroxylation is 1. The van der Waals surface area contributed by atoms with Crippen LogP contribution in [-0.2, 0) is 6.54 Å². The molecule has 0 saturated heterocycles. The number of nitrogens with one attached hydrogen (secondary N) is 3. The van der Waals surface area contributed by atoms with E-state index in [0.717, 1.165) is 35.1 Å². The van der Waals surface area contributed by atoms with E-state index in [0.29, 0.717) is 25.4 Å². The summed E-state index contributed by atoms with van der Waals surface area (Å²) in [5, 5.41) is 10.0. The Labute approximate surface area is 159 Å². The fraction of sp³-hybridized carbons (Fsp3) is 0.368. The molecule has 140 valence electrons. The molecule has 0 unspecified atom stereocenters. The highest BCUT2D eigenvalue weighted by Crippen LogP contribution is 2.10. The molecule has 0 fully saturated rings. The highest BCUT2D eigenvalue weighted by molar-refractivity contribution is 6.30. The van der Waals surface area contributed by atoms with Gasteiger partial charge in [-0.3, -0.25) is 4.79 Å². The van der Waals surface area contributed by atoms with Crippen molar-refractivity contribution in [3.8, 4) is 0 Å². The molecule has 2 aromatic rings. The molecule has 7 heteroatoms. The summed E-state index contributed by atoms with van der Waals surface area (Å²) in [6.45, 7) is 6.47. The number of halogens is 1. The lowest BCUT2D eigenvalue weighted by molar-refractivity contribution is 0.0925. The van der Waals surface area contributed by atoms with Crippen LogP contribution in [0, 0.1) is 6.92 Å². The van der Waals surface area contributed by atoms with Crippen LogP contribution in [0.1, 0.15) is 35.0 Å². The van der Waals surface area contributed by atoms with E-state index in [1.54, 1.807) is 6.07 Å². The molecular weight excluding hydrogens is 352 g/mol. The van der Waals surface area contributed by atoms with E-state index in [2.05, 4.69) is 20.9 Å². The summed E-state index contributed by atoms with van der Waals surface area (Å²) in [5.41, 5.74) is 1.93. The molecule has 3 N–H and O–H groups in total. The average Bonchev–Trinajstić information content (AvgIpc) is 3.06. The van der Waals surface area contributed by atoms with Crippen LogP contribution in [-0.4, -0.2) is 31.5 Å². The summed E-state index contributed by atoms with van der Waals surface area (Å²) in [6, 6.07) is 9.41. The number of hydrogen-bond acceptors (Lipinski definition) is 3. The van der Waals surface area contributed by atoms with Crippen LogP contribution < -0.4 is 16.0 Å². The molecule has 1 aromatic heterocycles. The van der Waals surface area contributed by atoms with Gasteiger partial charge in [0.1, 0.15) is 0 Å². The highest BCUT2D eigenvalue weighted by Gasteiger charge is 2.11. The van der Waals surface area contributed by atoms with Crippen LogP contribution >= 0.6 is 11.6 Å². The van der Waals surface area contributed by atoms with Gasteiger partial charge in [-0.15, -0.1) is 0 Å². The molecule has 0 aliphatic heterocycles. The third-order valence-corrected chi connectivity index (χ3v) is 3.93. The van der Waals surface area contributed by atoms with Crippen molar-refractivity contribution in [2.24, 2.45) is 4.99 Å². The second kappa shape index (κ2) is 10.5. The fourth-order valence-electron chi connectivity index (χ4n) is 2.28. The number of nitrogens with zero attached hydrogens (tertiary/aromatic N) is 1. The lowest BCUT2D eigenvalue weighted by Gasteiger charge is -2.11. The van der Waals surface area contributed by atoms with Gasteiger partial charge in [-0.25, -0.2) is 4.99 Å². The van der Waals surface area contributed by atoms with E-state index in [-0.39, 0.29) is 5.91 Å². The number of carbonyl (C=O) groups excluding carboxylic acids is 1. The molecule has 2 rings (SSSR count). The smallest absolute Gasteiger partial charge is 0.287 e. The van der Waals surface area contributed by atoms with Crippen molar-refractivity contribution >= 4 is 23.5 Å². The van der Waals surface area contributed by atoms with Crippen LogP contribution in [0.4, 0.5) is 0 Å². The number of guanidine groups is 1. The Balaban J connectivity index is 1.72. The Morgan fingerprint density at radius 2 is 1.85 bits per heavy atom. The maximum Gasteiger partial charge on any atom is 0.287 e. The number of carbonyl (C=O) groups is 1. The van der Waals surface area contributed by atoms with Crippen LogP contribution in [0.25, 0.3) is 0 Å². The van der Waals surface area contributed by atoms with Gasteiger partial charge < -0.3 is 20.4 Å². The van der Waals surface area contributed by atoms with Gasteiger partial charge in [-0.05, 0) is 44.0 Å². The number of amides is 1.